The number of pyridine rings is 1. The third kappa shape index (κ3) is 5.72. The summed E-state index contributed by atoms with van der Waals surface area (Å²) in [5, 5.41) is 0. The largest absolute Gasteiger partial charge is 0.253 e. The molecule has 0 fully saturated rings. The zero-order valence-corrected chi connectivity index (χ0v) is 23.7. The molecule has 43 heavy (non-hydrogen) atoms. The average molecular weight is 553 g/mol. The van der Waals surface area contributed by atoms with Gasteiger partial charge in [-0.05, 0) is 47.4 Å². The quantitative estimate of drug-likeness (QED) is 0.206. The molecule has 0 radical (unpaired) electrons. The lowest BCUT2D eigenvalue weighted by Crippen LogP contribution is -2.00. The number of aryl methyl sites for hydroxylation is 1. The van der Waals surface area contributed by atoms with Crippen molar-refractivity contribution in [3.63, 3.8) is 0 Å². The third-order valence-electron chi connectivity index (χ3n) is 7.44. The molecule has 0 saturated carbocycles. The second kappa shape index (κ2) is 11.6. The van der Waals surface area contributed by atoms with Crippen molar-refractivity contribution in [2.24, 2.45) is 0 Å². The number of hydrogen-bond acceptors (Lipinski definition) is 4. The van der Waals surface area contributed by atoms with Gasteiger partial charge in [-0.25, -0.2) is 15.0 Å². The first-order valence-corrected chi connectivity index (χ1v) is 14.3. The van der Waals surface area contributed by atoms with Gasteiger partial charge in [-0.3, -0.25) is 4.98 Å². The van der Waals surface area contributed by atoms with Crippen molar-refractivity contribution in [1.82, 2.24) is 19.9 Å². The molecule has 204 valence electrons. The van der Waals surface area contributed by atoms with Crippen LogP contribution in [0.4, 0.5) is 0 Å². The summed E-state index contributed by atoms with van der Waals surface area (Å²) in [5.74, 6) is 1.88. The second-order valence-electron chi connectivity index (χ2n) is 10.4. The molecule has 0 bridgehead atoms. The fraction of sp³-hybridized carbons (Fsp3) is 0.0256. The van der Waals surface area contributed by atoms with Crippen LogP contribution in [0, 0.1) is 6.92 Å². The van der Waals surface area contributed by atoms with Gasteiger partial charge in [0.15, 0.2) is 17.5 Å². The van der Waals surface area contributed by atoms with Crippen LogP contribution in [-0.4, -0.2) is 19.9 Å². The number of rotatable bonds is 6. The highest BCUT2D eigenvalue weighted by molar-refractivity contribution is 5.74. The van der Waals surface area contributed by atoms with E-state index in [1.54, 1.807) is 0 Å². The van der Waals surface area contributed by atoms with Crippen LogP contribution in [0.25, 0.3) is 67.7 Å². The van der Waals surface area contributed by atoms with E-state index in [-0.39, 0.29) is 0 Å². The molecular weight excluding hydrogens is 524 g/mol. The molecule has 4 heteroatoms. The van der Waals surface area contributed by atoms with Crippen LogP contribution in [0.1, 0.15) is 5.69 Å². The van der Waals surface area contributed by atoms with Crippen molar-refractivity contribution in [2.75, 3.05) is 0 Å². The summed E-state index contributed by atoms with van der Waals surface area (Å²) in [6.07, 6.45) is 0. The van der Waals surface area contributed by atoms with E-state index in [9.17, 15) is 0 Å². The Morgan fingerprint density at radius 3 is 1.21 bits per heavy atom. The Balaban J connectivity index is 1.32. The zero-order chi connectivity index (χ0) is 29.0. The molecule has 0 aliphatic rings. The summed E-state index contributed by atoms with van der Waals surface area (Å²) >= 11 is 0. The molecule has 0 unspecified atom stereocenters. The second-order valence-corrected chi connectivity index (χ2v) is 10.4. The maximum absolute atomic E-state index is 4.98. The summed E-state index contributed by atoms with van der Waals surface area (Å²) in [4.78, 5) is 19.6. The molecule has 0 saturated heterocycles. The maximum atomic E-state index is 4.98. The number of aromatic nitrogens is 4. The number of nitrogens with zero attached hydrogens (tertiary/aromatic N) is 4. The van der Waals surface area contributed by atoms with Crippen molar-refractivity contribution >= 4 is 0 Å². The Kier molecular flexibility index (Phi) is 7.08. The monoisotopic (exact) mass is 552 g/mol. The molecule has 7 rings (SSSR count). The number of hydrogen-bond donors (Lipinski definition) is 0. The first kappa shape index (κ1) is 26.2. The summed E-state index contributed by atoms with van der Waals surface area (Å²) in [7, 11) is 0. The molecular formula is C39H28N4. The highest BCUT2D eigenvalue weighted by Crippen LogP contribution is 2.30. The van der Waals surface area contributed by atoms with Crippen molar-refractivity contribution in [2.45, 2.75) is 6.92 Å². The van der Waals surface area contributed by atoms with Crippen LogP contribution in [0.2, 0.25) is 0 Å². The maximum Gasteiger partial charge on any atom is 0.164 e. The smallest absolute Gasteiger partial charge is 0.164 e. The van der Waals surface area contributed by atoms with Gasteiger partial charge in [0.1, 0.15) is 0 Å². The van der Waals surface area contributed by atoms with Crippen LogP contribution in [0.15, 0.2) is 152 Å². The van der Waals surface area contributed by atoms with Gasteiger partial charge in [0.2, 0.25) is 0 Å². The van der Waals surface area contributed by atoms with E-state index in [1.807, 2.05) is 49.4 Å². The molecule has 0 spiro atoms. The molecule has 4 nitrogen and oxygen atoms in total. The summed E-state index contributed by atoms with van der Waals surface area (Å²) in [6, 6.07) is 51.8. The molecule has 0 aliphatic heterocycles. The van der Waals surface area contributed by atoms with Crippen LogP contribution in [0.5, 0.6) is 0 Å². The van der Waals surface area contributed by atoms with E-state index >= 15 is 0 Å². The predicted octanol–water partition coefficient (Wildman–Crippen LogP) is 9.58. The van der Waals surface area contributed by atoms with Crippen LogP contribution >= 0.6 is 0 Å². The average Bonchev–Trinajstić information content (AvgIpc) is 3.09. The lowest BCUT2D eigenvalue weighted by Gasteiger charge is -2.11. The standard InChI is InChI=1S/C39H28N4/c1-27-10-8-17-36(40-27)34-15-9-16-35(26-34)39-42-37(32-22-18-30(19-23-32)28-11-4-2-5-12-28)41-38(43-39)33-24-20-31(21-25-33)29-13-6-3-7-14-29/h2-26H,1H3. The Bertz CT molecular complexity index is 1900. The minimum absolute atomic E-state index is 0.619. The molecule has 0 aliphatic carbocycles. The Hall–Kier alpha value is -5.74. The molecule has 2 heterocycles. The predicted molar refractivity (Wildman–Crippen MR) is 175 cm³/mol. The van der Waals surface area contributed by atoms with Gasteiger partial charge in [0, 0.05) is 27.9 Å². The van der Waals surface area contributed by atoms with Crippen molar-refractivity contribution < 1.29 is 0 Å². The number of benzene rings is 5. The van der Waals surface area contributed by atoms with Crippen LogP contribution in [0.3, 0.4) is 0 Å². The molecule has 5 aromatic carbocycles. The topological polar surface area (TPSA) is 51.6 Å². The van der Waals surface area contributed by atoms with Gasteiger partial charge in [0.05, 0.1) is 5.69 Å². The first-order valence-electron chi connectivity index (χ1n) is 14.3. The fourth-order valence-electron chi connectivity index (χ4n) is 5.17. The lowest BCUT2D eigenvalue weighted by molar-refractivity contribution is 1.07. The highest BCUT2D eigenvalue weighted by Gasteiger charge is 2.14. The first-order chi connectivity index (χ1) is 21.2. The van der Waals surface area contributed by atoms with Gasteiger partial charge in [-0.1, -0.05) is 133 Å². The van der Waals surface area contributed by atoms with E-state index in [0.29, 0.717) is 17.5 Å². The van der Waals surface area contributed by atoms with Crippen LogP contribution < -0.4 is 0 Å². The molecule has 0 N–H and O–H groups in total. The van der Waals surface area contributed by atoms with E-state index < -0.39 is 0 Å². The van der Waals surface area contributed by atoms with Gasteiger partial charge in [0.25, 0.3) is 0 Å². The van der Waals surface area contributed by atoms with E-state index in [1.165, 1.54) is 11.1 Å². The summed E-state index contributed by atoms with van der Waals surface area (Å²) in [6.45, 7) is 2.00. The van der Waals surface area contributed by atoms with E-state index in [0.717, 1.165) is 44.8 Å². The Morgan fingerprint density at radius 1 is 0.302 bits per heavy atom. The van der Waals surface area contributed by atoms with Crippen LogP contribution in [-0.2, 0) is 0 Å². The minimum Gasteiger partial charge on any atom is -0.253 e. The third-order valence-corrected chi connectivity index (χ3v) is 7.44. The Labute approximate surface area is 251 Å². The lowest BCUT2D eigenvalue weighted by atomic mass is 10.0. The summed E-state index contributed by atoms with van der Waals surface area (Å²) in [5.41, 5.74) is 10.3. The fourth-order valence-corrected chi connectivity index (χ4v) is 5.17. The molecule has 0 amide bonds. The molecule has 0 atom stereocenters. The normalized spacial score (nSPS) is 10.9. The summed E-state index contributed by atoms with van der Waals surface area (Å²) < 4.78 is 0. The SMILES string of the molecule is Cc1cccc(-c2cccc(-c3nc(-c4ccc(-c5ccccc5)cc4)nc(-c4ccc(-c5ccccc5)cc4)n3)c2)n1. The van der Waals surface area contributed by atoms with Crippen molar-refractivity contribution in [3.8, 4) is 67.7 Å². The van der Waals surface area contributed by atoms with Gasteiger partial charge >= 0.3 is 0 Å². The Morgan fingerprint density at radius 2 is 0.698 bits per heavy atom. The van der Waals surface area contributed by atoms with Gasteiger partial charge in [-0.15, -0.1) is 0 Å². The van der Waals surface area contributed by atoms with Gasteiger partial charge in [-0.2, -0.15) is 0 Å². The highest BCUT2D eigenvalue weighted by atomic mass is 15.0. The van der Waals surface area contributed by atoms with Crippen molar-refractivity contribution in [3.05, 3.63) is 157 Å². The zero-order valence-electron chi connectivity index (χ0n) is 23.7. The van der Waals surface area contributed by atoms with Gasteiger partial charge < -0.3 is 0 Å². The molecule has 2 aromatic heterocycles. The van der Waals surface area contributed by atoms with E-state index in [4.69, 9.17) is 19.9 Å². The van der Waals surface area contributed by atoms with E-state index in [2.05, 4.69) is 109 Å². The van der Waals surface area contributed by atoms with Crippen molar-refractivity contribution in [1.29, 1.82) is 0 Å². The molecule has 7 aromatic rings. The minimum atomic E-state index is 0.619.